The summed E-state index contributed by atoms with van der Waals surface area (Å²) in [5, 5.41) is 2.69. The lowest BCUT2D eigenvalue weighted by molar-refractivity contribution is 0.0510. The number of carbonyl (C=O) groups excluding carboxylic acids is 2. The Balaban J connectivity index is 1.96. The minimum Gasteiger partial charge on any atom is -0.450 e. The molecule has 0 aromatic carbocycles. The van der Waals surface area contributed by atoms with Crippen molar-refractivity contribution >= 4 is 22.4 Å². The first-order valence-corrected chi connectivity index (χ1v) is 11.6. The third-order valence-electron chi connectivity index (χ3n) is 4.84. The number of hydrogen-bond donors (Lipinski definition) is 1. The predicted molar refractivity (Wildman–Crippen MR) is 108 cm³/mol. The average Bonchev–Trinajstić information content (AvgIpc) is 2.65. The average molecular weight is 435 g/mol. The van der Waals surface area contributed by atoms with Gasteiger partial charge in [0.15, 0.2) is 0 Å². The van der Waals surface area contributed by atoms with Crippen LogP contribution >= 0.6 is 0 Å². The molecule has 0 spiro atoms. The van der Waals surface area contributed by atoms with Gasteiger partial charge in [0.25, 0.3) is 10.2 Å². The molecule has 0 radical (unpaired) electrons. The SMILES string of the molecule is CCOC(=O)N1CCN(S(=O)(=O)N2CCCCC2CNC(=O)OC(C)(C)C)CC1. The van der Waals surface area contributed by atoms with Gasteiger partial charge in [-0.2, -0.15) is 17.0 Å². The van der Waals surface area contributed by atoms with Gasteiger partial charge in [0.2, 0.25) is 0 Å². The molecule has 0 bridgehead atoms. The van der Waals surface area contributed by atoms with E-state index in [0.29, 0.717) is 26.1 Å². The van der Waals surface area contributed by atoms with Crippen LogP contribution in [0.25, 0.3) is 0 Å². The van der Waals surface area contributed by atoms with Crippen molar-refractivity contribution in [1.29, 1.82) is 0 Å². The highest BCUT2D eigenvalue weighted by Gasteiger charge is 2.38. The largest absolute Gasteiger partial charge is 0.450 e. The molecule has 1 atom stereocenters. The van der Waals surface area contributed by atoms with Gasteiger partial charge in [-0.25, -0.2) is 9.59 Å². The predicted octanol–water partition coefficient (Wildman–Crippen LogP) is 1.38. The van der Waals surface area contributed by atoms with E-state index in [4.69, 9.17) is 9.47 Å². The van der Waals surface area contributed by atoms with Crippen LogP contribution in [0.5, 0.6) is 0 Å². The molecule has 2 heterocycles. The van der Waals surface area contributed by atoms with Crippen LogP contribution in [0.1, 0.15) is 47.0 Å². The number of alkyl carbamates (subject to hydrolysis) is 1. The molecular weight excluding hydrogens is 400 g/mol. The molecule has 2 aliphatic rings. The molecule has 2 rings (SSSR count). The molecule has 29 heavy (non-hydrogen) atoms. The van der Waals surface area contributed by atoms with Crippen molar-refractivity contribution in [3.05, 3.63) is 0 Å². The van der Waals surface area contributed by atoms with Gasteiger partial charge in [-0.15, -0.1) is 0 Å². The fourth-order valence-electron chi connectivity index (χ4n) is 3.46. The molecule has 1 unspecified atom stereocenters. The lowest BCUT2D eigenvalue weighted by Crippen LogP contribution is -2.58. The minimum atomic E-state index is -3.68. The van der Waals surface area contributed by atoms with Gasteiger partial charge in [-0.3, -0.25) is 0 Å². The van der Waals surface area contributed by atoms with E-state index < -0.39 is 28.0 Å². The summed E-state index contributed by atoms with van der Waals surface area (Å²) in [6, 6.07) is -0.315. The summed E-state index contributed by atoms with van der Waals surface area (Å²) in [7, 11) is -3.68. The molecule has 10 nitrogen and oxygen atoms in total. The van der Waals surface area contributed by atoms with Crippen molar-refractivity contribution in [2.75, 3.05) is 45.9 Å². The van der Waals surface area contributed by atoms with Crippen LogP contribution in [-0.4, -0.2) is 91.6 Å². The van der Waals surface area contributed by atoms with Crippen LogP contribution in [0.4, 0.5) is 9.59 Å². The topological polar surface area (TPSA) is 108 Å². The smallest absolute Gasteiger partial charge is 0.409 e. The summed E-state index contributed by atoms with van der Waals surface area (Å²) in [4.78, 5) is 25.3. The zero-order chi connectivity index (χ0) is 21.7. The van der Waals surface area contributed by atoms with E-state index in [0.717, 1.165) is 12.8 Å². The van der Waals surface area contributed by atoms with Gasteiger partial charge in [0.1, 0.15) is 5.60 Å². The molecule has 2 amide bonds. The summed E-state index contributed by atoms with van der Waals surface area (Å²) < 4.78 is 39.5. The highest BCUT2D eigenvalue weighted by Crippen LogP contribution is 2.23. The van der Waals surface area contributed by atoms with E-state index in [1.54, 1.807) is 27.7 Å². The Labute approximate surface area is 173 Å². The molecule has 0 aromatic rings. The summed E-state index contributed by atoms with van der Waals surface area (Å²) in [6.07, 6.45) is 1.40. The van der Waals surface area contributed by atoms with Crippen molar-refractivity contribution in [3.63, 3.8) is 0 Å². The van der Waals surface area contributed by atoms with Gasteiger partial charge in [-0.05, 0) is 40.5 Å². The highest BCUT2D eigenvalue weighted by molar-refractivity contribution is 7.86. The number of rotatable bonds is 5. The number of hydrogen-bond acceptors (Lipinski definition) is 6. The van der Waals surface area contributed by atoms with Crippen molar-refractivity contribution in [2.45, 2.75) is 58.6 Å². The Morgan fingerprint density at radius 1 is 1.07 bits per heavy atom. The first-order chi connectivity index (χ1) is 13.5. The van der Waals surface area contributed by atoms with Gasteiger partial charge in [-0.1, -0.05) is 6.42 Å². The number of amides is 2. The molecule has 0 saturated carbocycles. The Kier molecular flexibility index (Phi) is 8.12. The van der Waals surface area contributed by atoms with Gasteiger partial charge >= 0.3 is 12.2 Å². The molecule has 2 aliphatic heterocycles. The molecule has 0 aliphatic carbocycles. The Hall–Kier alpha value is -1.59. The second-order valence-electron chi connectivity index (χ2n) is 8.24. The molecule has 11 heteroatoms. The lowest BCUT2D eigenvalue weighted by atomic mass is 10.1. The fraction of sp³-hybridized carbons (Fsp3) is 0.889. The third-order valence-corrected chi connectivity index (χ3v) is 6.93. The molecule has 2 fully saturated rings. The number of ether oxygens (including phenoxy) is 2. The monoisotopic (exact) mass is 434 g/mol. The Bertz CT molecular complexity index is 670. The van der Waals surface area contributed by atoms with Crippen LogP contribution in [0.2, 0.25) is 0 Å². The maximum atomic E-state index is 13.2. The second kappa shape index (κ2) is 9.94. The van der Waals surface area contributed by atoms with Crippen molar-refractivity contribution in [1.82, 2.24) is 18.8 Å². The Morgan fingerprint density at radius 2 is 1.72 bits per heavy atom. The van der Waals surface area contributed by atoms with Crippen LogP contribution in [0, 0.1) is 0 Å². The zero-order valence-electron chi connectivity index (χ0n) is 17.8. The van der Waals surface area contributed by atoms with Gasteiger partial charge < -0.3 is 19.7 Å². The number of carbonyl (C=O) groups is 2. The maximum Gasteiger partial charge on any atom is 0.409 e. The van der Waals surface area contributed by atoms with Gasteiger partial charge in [0.05, 0.1) is 6.61 Å². The quantitative estimate of drug-likeness (QED) is 0.700. The summed E-state index contributed by atoms with van der Waals surface area (Å²) >= 11 is 0. The zero-order valence-corrected chi connectivity index (χ0v) is 18.7. The van der Waals surface area contributed by atoms with Gasteiger partial charge in [0, 0.05) is 45.3 Å². The first-order valence-electron chi connectivity index (χ1n) is 10.2. The first kappa shape index (κ1) is 23.7. The van der Waals surface area contributed by atoms with E-state index in [1.807, 2.05) is 0 Å². The van der Waals surface area contributed by atoms with Crippen LogP contribution in [0.3, 0.4) is 0 Å². The van der Waals surface area contributed by atoms with Crippen LogP contribution in [0.15, 0.2) is 0 Å². The second-order valence-corrected chi connectivity index (χ2v) is 10.1. The standard InChI is InChI=1S/C18H34N4O6S/c1-5-27-17(24)20-10-12-21(13-11-20)29(25,26)22-9-7-6-8-15(22)14-19-16(23)28-18(2,3)4/h15H,5-14H2,1-4H3,(H,19,23). The lowest BCUT2D eigenvalue weighted by Gasteiger charge is -2.40. The summed E-state index contributed by atoms with van der Waals surface area (Å²) in [6.45, 7) is 9.03. The van der Waals surface area contributed by atoms with E-state index in [-0.39, 0.29) is 32.3 Å². The van der Waals surface area contributed by atoms with Crippen LogP contribution in [-0.2, 0) is 19.7 Å². The van der Waals surface area contributed by atoms with Crippen molar-refractivity contribution < 1.29 is 27.5 Å². The number of piperidine rings is 1. The van der Waals surface area contributed by atoms with Crippen molar-refractivity contribution in [2.24, 2.45) is 0 Å². The fourth-order valence-corrected chi connectivity index (χ4v) is 5.30. The molecule has 0 aromatic heterocycles. The minimum absolute atomic E-state index is 0.205. The van der Waals surface area contributed by atoms with E-state index in [2.05, 4.69) is 5.32 Å². The normalized spacial score (nSPS) is 22.2. The summed E-state index contributed by atoms with van der Waals surface area (Å²) in [5.74, 6) is 0. The maximum absolute atomic E-state index is 13.2. The van der Waals surface area contributed by atoms with E-state index >= 15 is 0 Å². The third kappa shape index (κ3) is 6.71. The molecule has 168 valence electrons. The molecule has 2 saturated heterocycles. The number of nitrogens with zero attached hydrogens (tertiary/aromatic N) is 3. The number of nitrogens with one attached hydrogen (secondary N) is 1. The Morgan fingerprint density at radius 3 is 2.31 bits per heavy atom. The molecular formula is C18H34N4O6S. The highest BCUT2D eigenvalue weighted by atomic mass is 32.2. The van der Waals surface area contributed by atoms with E-state index in [1.165, 1.54) is 13.5 Å². The molecule has 1 N–H and O–H groups in total. The van der Waals surface area contributed by atoms with Crippen LogP contribution < -0.4 is 5.32 Å². The van der Waals surface area contributed by atoms with E-state index in [9.17, 15) is 18.0 Å². The number of piperazine rings is 1. The summed E-state index contributed by atoms with van der Waals surface area (Å²) in [5.41, 5.74) is -0.610. The van der Waals surface area contributed by atoms with Crippen molar-refractivity contribution in [3.8, 4) is 0 Å².